The molecule has 2 fully saturated rings. The Kier molecular flexibility index (Phi) is 4.67. The minimum absolute atomic E-state index is 0.165. The Labute approximate surface area is 142 Å². The maximum Gasteiger partial charge on any atom is 0.226 e. The topological polar surface area (TPSA) is 54.0 Å². The molecule has 2 atom stereocenters. The van der Waals surface area contributed by atoms with E-state index in [1.807, 2.05) is 0 Å². The second-order valence-corrected chi connectivity index (χ2v) is 8.61. The third kappa shape index (κ3) is 3.77. The monoisotopic (exact) mass is 333 g/mol. The number of aryl methyl sites for hydroxylation is 2. The van der Waals surface area contributed by atoms with E-state index in [1.165, 1.54) is 49.1 Å². The predicted octanol–water partition coefficient (Wildman–Crippen LogP) is 3.66. The molecule has 1 aliphatic carbocycles. The number of nitrogens with zero attached hydrogens (tertiary/aromatic N) is 1. The summed E-state index contributed by atoms with van der Waals surface area (Å²) in [6.07, 6.45) is 13.0. The summed E-state index contributed by atoms with van der Waals surface area (Å²) < 4.78 is 0. The predicted molar refractivity (Wildman–Crippen MR) is 93.9 cm³/mol. The first-order valence-corrected chi connectivity index (χ1v) is 10.1. The van der Waals surface area contributed by atoms with E-state index in [9.17, 15) is 4.79 Å². The Bertz CT molecular complexity index is 533. The summed E-state index contributed by atoms with van der Waals surface area (Å²) >= 11 is 1.71. The highest BCUT2D eigenvalue weighted by atomic mass is 32.1. The van der Waals surface area contributed by atoms with Gasteiger partial charge in [0.15, 0.2) is 5.13 Å². The summed E-state index contributed by atoms with van der Waals surface area (Å²) in [5.74, 6) is 0.716. The minimum Gasteiger partial charge on any atom is -0.311 e. The van der Waals surface area contributed by atoms with E-state index in [0.717, 1.165) is 30.8 Å². The number of amides is 1. The molecule has 2 aliphatic heterocycles. The molecule has 4 rings (SSSR count). The quantitative estimate of drug-likeness (QED) is 0.887. The Morgan fingerprint density at radius 3 is 2.65 bits per heavy atom. The van der Waals surface area contributed by atoms with Crippen molar-refractivity contribution in [3.63, 3.8) is 0 Å². The normalized spacial score (nSPS) is 30.3. The van der Waals surface area contributed by atoms with Crippen LogP contribution in [-0.2, 0) is 17.6 Å². The van der Waals surface area contributed by atoms with E-state index in [-0.39, 0.29) is 5.91 Å². The average Bonchev–Trinajstić information content (AvgIpc) is 3.02. The first-order chi connectivity index (χ1) is 11.3. The molecule has 0 spiro atoms. The molecule has 5 heteroatoms. The van der Waals surface area contributed by atoms with Gasteiger partial charge in [-0.1, -0.05) is 12.8 Å². The van der Waals surface area contributed by atoms with Crippen LogP contribution >= 0.6 is 11.3 Å². The van der Waals surface area contributed by atoms with E-state index in [0.29, 0.717) is 24.4 Å². The molecule has 1 aromatic heterocycles. The van der Waals surface area contributed by atoms with E-state index < -0.39 is 0 Å². The summed E-state index contributed by atoms with van der Waals surface area (Å²) in [5, 5.41) is 7.56. The van der Waals surface area contributed by atoms with Crippen molar-refractivity contribution in [1.82, 2.24) is 10.3 Å². The maximum absolute atomic E-state index is 12.4. The van der Waals surface area contributed by atoms with Crippen LogP contribution in [0, 0.1) is 5.92 Å². The summed E-state index contributed by atoms with van der Waals surface area (Å²) in [4.78, 5) is 18.5. The van der Waals surface area contributed by atoms with Crippen molar-refractivity contribution >= 4 is 22.4 Å². The third-order valence-corrected chi connectivity index (χ3v) is 6.71. The first-order valence-electron chi connectivity index (χ1n) is 9.31. The second kappa shape index (κ2) is 6.89. The van der Waals surface area contributed by atoms with Gasteiger partial charge in [-0.3, -0.25) is 4.79 Å². The van der Waals surface area contributed by atoms with Gasteiger partial charge in [0.25, 0.3) is 0 Å². The zero-order valence-electron chi connectivity index (χ0n) is 13.8. The van der Waals surface area contributed by atoms with Gasteiger partial charge >= 0.3 is 0 Å². The van der Waals surface area contributed by atoms with E-state index in [4.69, 9.17) is 4.98 Å². The SMILES string of the molecule is O=C(CC1CC2CCC(C1)N2)Nc1nc2c(s1)CCCCCC2. The Hall–Kier alpha value is -0.940. The zero-order chi connectivity index (χ0) is 15.6. The molecule has 2 N–H and O–H groups in total. The molecule has 4 nitrogen and oxygen atoms in total. The Morgan fingerprint density at radius 1 is 1.13 bits per heavy atom. The highest BCUT2D eigenvalue weighted by molar-refractivity contribution is 7.15. The number of nitrogens with one attached hydrogen (secondary N) is 2. The molecule has 3 aliphatic rings. The lowest BCUT2D eigenvalue weighted by Crippen LogP contribution is -2.39. The fourth-order valence-corrected chi connectivity index (χ4v) is 5.60. The lowest BCUT2D eigenvalue weighted by molar-refractivity contribution is -0.117. The molecule has 23 heavy (non-hydrogen) atoms. The number of anilines is 1. The van der Waals surface area contributed by atoms with Crippen LogP contribution in [0.2, 0.25) is 0 Å². The molecule has 3 heterocycles. The van der Waals surface area contributed by atoms with Crippen LogP contribution in [-0.4, -0.2) is 23.0 Å². The summed E-state index contributed by atoms with van der Waals surface area (Å²) in [7, 11) is 0. The van der Waals surface area contributed by atoms with Crippen molar-refractivity contribution < 1.29 is 4.79 Å². The molecule has 0 radical (unpaired) electrons. The van der Waals surface area contributed by atoms with Crippen LogP contribution in [0.5, 0.6) is 0 Å². The smallest absolute Gasteiger partial charge is 0.226 e. The van der Waals surface area contributed by atoms with Gasteiger partial charge in [-0.15, -0.1) is 11.3 Å². The van der Waals surface area contributed by atoms with Gasteiger partial charge in [0, 0.05) is 23.4 Å². The average molecular weight is 334 g/mol. The number of aromatic nitrogens is 1. The van der Waals surface area contributed by atoms with Crippen molar-refractivity contribution in [2.24, 2.45) is 5.92 Å². The van der Waals surface area contributed by atoms with E-state index in [2.05, 4.69) is 10.6 Å². The first kappa shape index (κ1) is 15.6. The van der Waals surface area contributed by atoms with Crippen molar-refractivity contribution in [3.05, 3.63) is 10.6 Å². The van der Waals surface area contributed by atoms with Gasteiger partial charge in [0.2, 0.25) is 5.91 Å². The van der Waals surface area contributed by atoms with Gasteiger partial charge in [0.05, 0.1) is 5.69 Å². The molecule has 1 amide bonds. The van der Waals surface area contributed by atoms with Crippen LogP contribution in [0.15, 0.2) is 0 Å². The Morgan fingerprint density at radius 2 is 1.87 bits per heavy atom. The lowest BCUT2D eigenvalue weighted by Gasteiger charge is -2.28. The van der Waals surface area contributed by atoms with Crippen LogP contribution in [0.3, 0.4) is 0 Å². The highest BCUT2D eigenvalue weighted by Crippen LogP contribution is 2.33. The number of carbonyl (C=O) groups excluding carboxylic acids is 1. The fraction of sp³-hybridized carbons (Fsp3) is 0.778. The number of hydrogen-bond donors (Lipinski definition) is 2. The second-order valence-electron chi connectivity index (χ2n) is 7.53. The van der Waals surface area contributed by atoms with Crippen molar-refractivity contribution in [1.29, 1.82) is 0 Å². The van der Waals surface area contributed by atoms with Gasteiger partial charge in [-0.2, -0.15) is 0 Å². The molecule has 1 aromatic rings. The van der Waals surface area contributed by atoms with Crippen LogP contribution in [0.4, 0.5) is 5.13 Å². The largest absolute Gasteiger partial charge is 0.311 e. The third-order valence-electron chi connectivity index (χ3n) is 5.64. The molecule has 2 saturated heterocycles. The zero-order valence-corrected chi connectivity index (χ0v) is 14.6. The number of piperidine rings is 1. The van der Waals surface area contributed by atoms with E-state index in [1.54, 1.807) is 11.3 Å². The minimum atomic E-state index is 0.165. The molecule has 2 unspecified atom stereocenters. The maximum atomic E-state index is 12.4. The van der Waals surface area contributed by atoms with Crippen molar-refractivity contribution in [2.75, 3.05) is 5.32 Å². The van der Waals surface area contributed by atoms with Crippen LogP contribution in [0.1, 0.15) is 68.4 Å². The van der Waals surface area contributed by atoms with Crippen molar-refractivity contribution in [3.8, 4) is 0 Å². The summed E-state index contributed by atoms with van der Waals surface area (Å²) in [6.45, 7) is 0. The fourth-order valence-electron chi connectivity index (χ4n) is 4.53. The van der Waals surface area contributed by atoms with Gasteiger partial charge < -0.3 is 10.6 Å². The van der Waals surface area contributed by atoms with Gasteiger partial charge in [0.1, 0.15) is 0 Å². The van der Waals surface area contributed by atoms with Crippen LogP contribution in [0.25, 0.3) is 0 Å². The summed E-state index contributed by atoms with van der Waals surface area (Å²) in [6, 6.07) is 1.32. The van der Waals surface area contributed by atoms with Gasteiger partial charge in [-0.05, 0) is 57.3 Å². The molecule has 0 aromatic carbocycles. The number of hydrogen-bond acceptors (Lipinski definition) is 4. The number of thiazole rings is 1. The number of fused-ring (bicyclic) bond motifs is 3. The van der Waals surface area contributed by atoms with Crippen molar-refractivity contribution in [2.45, 2.75) is 82.7 Å². The standard InChI is InChI=1S/C18H27N3OS/c22-17(11-12-9-13-7-8-14(10-12)19-13)21-18-20-15-5-3-1-2-4-6-16(15)23-18/h12-14,19H,1-11H2,(H,20,21,22). The molecule has 126 valence electrons. The molecule has 2 bridgehead atoms. The molecular formula is C18H27N3OS. The Balaban J connectivity index is 1.34. The number of rotatable bonds is 3. The lowest BCUT2D eigenvalue weighted by atomic mass is 9.89. The number of carbonyl (C=O) groups is 1. The van der Waals surface area contributed by atoms with Crippen LogP contribution < -0.4 is 10.6 Å². The molecule has 0 saturated carbocycles. The molecular weight excluding hydrogens is 306 g/mol. The highest BCUT2D eigenvalue weighted by Gasteiger charge is 2.34. The van der Waals surface area contributed by atoms with E-state index >= 15 is 0 Å². The van der Waals surface area contributed by atoms with Gasteiger partial charge in [-0.25, -0.2) is 4.98 Å². The summed E-state index contributed by atoms with van der Waals surface area (Å²) in [5.41, 5.74) is 1.24.